The molecule has 3 amide bonds. The number of nitrogens with one attached hydrogen (secondary N) is 3. The molecule has 196 valence electrons. The maximum absolute atomic E-state index is 13.1. The molecule has 0 saturated heterocycles. The molecule has 1 aromatic rings. The van der Waals surface area contributed by atoms with Gasteiger partial charge in [-0.25, -0.2) is 4.79 Å². The van der Waals surface area contributed by atoms with E-state index in [9.17, 15) is 29.4 Å². The highest BCUT2D eigenvalue weighted by Gasteiger charge is 2.30. The first-order chi connectivity index (χ1) is 16.5. The molecule has 0 aliphatic carbocycles. The van der Waals surface area contributed by atoms with Crippen LogP contribution in [-0.2, 0) is 25.6 Å². The maximum Gasteiger partial charge on any atom is 0.326 e. The van der Waals surface area contributed by atoms with E-state index in [4.69, 9.17) is 5.73 Å². The minimum atomic E-state index is -1.17. The molecule has 4 atom stereocenters. The molecule has 0 heterocycles. The molecule has 0 radical (unpaired) electrons. The molecule has 35 heavy (non-hydrogen) atoms. The van der Waals surface area contributed by atoms with Crippen LogP contribution in [0.1, 0.15) is 32.3 Å². The summed E-state index contributed by atoms with van der Waals surface area (Å²) in [5.74, 6) is -2.34. The molecule has 0 aliphatic rings. The van der Waals surface area contributed by atoms with Gasteiger partial charge in [-0.05, 0) is 48.5 Å². The molecule has 0 spiro atoms. The van der Waals surface area contributed by atoms with E-state index in [-0.39, 0.29) is 30.3 Å². The number of carboxylic acid groups (broad SMARTS) is 1. The molecule has 1 aromatic carbocycles. The topological polar surface area (TPSA) is 171 Å². The number of thioether (sulfide) groups is 1. The van der Waals surface area contributed by atoms with Gasteiger partial charge in [0.25, 0.3) is 0 Å². The Morgan fingerprint density at radius 2 is 1.51 bits per heavy atom. The highest BCUT2D eigenvalue weighted by atomic mass is 32.2. The van der Waals surface area contributed by atoms with Gasteiger partial charge in [0.05, 0.1) is 6.04 Å². The third-order valence-corrected chi connectivity index (χ3v) is 6.12. The lowest BCUT2D eigenvalue weighted by Crippen LogP contribution is -2.58. The van der Waals surface area contributed by atoms with Crippen LogP contribution < -0.4 is 21.7 Å². The number of aromatic hydroxyl groups is 1. The van der Waals surface area contributed by atoms with Crippen LogP contribution >= 0.6 is 24.4 Å². The molecule has 7 N–H and O–H groups in total. The number of carbonyl (C=O) groups is 4. The largest absolute Gasteiger partial charge is 0.508 e. The standard InChI is InChI=1S/C23H36N4O6S2/c1-13(2)10-16(24)20(29)26-18(11-14-4-6-15(28)7-5-14)21(30)27-19(12-34)22(31)25-17(23(32)33)8-9-35-3/h4-7,13,16-19,28,34H,8-12,24H2,1-3H3,(H,25,31)(H,26,29)(H,27,30)(H,32,33). The third-order valence-electron chi connectivity index (χ3n) is 5.11. The van der Waals surface area contributed by atoms with Crippen molar-refractivity contribution >= 4 is 48.1 Å². The number of thiol groups is 1. The number of nitrogens with two attached hydrogens (primary N) is 1. The van der Waals surface area contributed by atoms with Crippen LogP contribution in [0.15, 0.2) is 24.3 Å². The Morgan fingerprint density at radius 1 is 0.971 bits per heavy atom. The summed E-state index contributed by atoms with van der Waals surface area (Å²) in [7, 11) is 0. The Morgan fingerprint density at radius 3 is 2.03 bits per heavy atom. The van der Waals surface area contributed by atoms with Crippen molar-refractivity contribution < 1.29 is 29.4 Å². The van der Waals surface area contributed by atoms with Gasteiger partial charge in [-0.2, -0.15) is 24.4 Å². The lowest BCUT2D eigenvalue weighted by molar-refractivity contribution is -0.142. The fraction of sp³-hybridized carbons (Fsp3) is 0.565. The number of carboxylic acids is 1. The number of carbonyl (C=O) groups excluding carboxylic acids is 3. The van der Waals surface area contributed by atoms with Crippen molar-refractivity contribution in [3.8, 4) is 5.75 Å². The first-order valence-electron chi connectivity index (χ1n) is 11.3. The second-order valence-corrected chi connectivity index (χ2v) is 9.94. The molecule has 10 nitrogen and oxygen atoms in total. The molecular formula is C23H36N4O6S2. The highest BCUT2D eigenvalue weighted by molar-refractivity contribution is 7.98. The number of amides is 3. The summed E-state index contributed by atoms with van der Waals surface area (Å²) in [4.78, 5) is 49.9. The zero-order valence-electron chi connectivity index (χ0n) is 20.2. The number of hydrogen-bond acceptors (Lipinski definition) is 8. The van der Waals surface area contributed by atoms with Crippen LogP contribution in [0, 0.1) is 5.92 Å². The average Bonchev–Trinajstić information content (AvgIpc) is 2.79. The minimum Gasteiger partial charge on any atom is -0.508 e. The molecule has 0 bridgehead atoms. The maximum atomic E-state index is 13.1. The number of phenols is 1. The number of aliphatic carboxylic acids is 1. The summed E-state index contributed by atoms with van der Waals surface area (Å²) in [5.41, 5.74) is 6.63. The van der Waals surface area contributed by atoms with Gasteiger partial charge in [-0.1, -0.05) is 26.0 Å². The molecule has 0 saturated carbocycles. The van der Waals surface area contributed by atoms with E-state index >= 15 is 0 Å². The van der Waals surface area contributed by atoms with E-state index in [0.29, 0.717) is 17.7 Å². The lowest BCUT2D eigenvalue weighted by Gasteiger charge is -2.25. The van der Waals surface area contributed by atoms with Crippen LogP contribution in [0.4, 0.5) is 0 Å². The Hall–Kier alpha value is -2.44. The van der Waals surface area contributed by atoms with Crippen molar-refractivity contribution in [2.24, 2.45) is 11.7 Å². The van der Waals surface area contributed by atoms with Crippen LogP contribution in [-0.4, -0.2) is 75.8 Å². The smallest absolute Gasteiger partial charge is 0.326 e. The molecule has 4 unspecified atom stereocenters. The zero-order valence-corrected chi connectivity index (χ0v) is 21.9. The van der Waals surface area contributed by atoms with E-state index in [1.165, 1.54) is 23.9 Å². The number of hydrogen-bond donors (Lipinski definition) is 7. The Bertz CT molecular complexity index is 853. The van der Waals surface area contributed by atoms with Gasteiger partial charge in [0.2, 0.25) is 17.7 Å². The Balaban J connectivity index is 2.99. The van der Waals surface area contributed by atoms with Gasteiger partial charge >= 0.3 is 5.97 Å². The van der Waals surface area contributed by atoms with Crippen molar-refractivity contribution in [3.05, 3.63) is 29.8 Å². The number of rotatable bonds is 15. The zero-order chi connectivity index (χ0) is 26.5. The summed E-state index contributed by atoms with van der Waals surface area (Å²) in [6.07, 6.45) is 2.56. The van der Waals surface area contributed by atoms with Crippen LogP contribution in [0.5, 0.6) is 5.75 Å². The second kappa shape index (κ2) is 15.5. The number of benzene rings is 1. The van der Waals surface area contributed by atoms with Gasteiger partial charge in [-0.15, -0.1) is 0 Å². The summed E-state index contributed by atoms with van der Waals surface area (Å²) < 4.78 is 0. The summed E-state index contributed by atoms with van der Waals surface area (Å²) >= 11 is 5.58. The summed E-state index contributed by atoms with van der Waals surface area (Å²) in [6.45, 7) is 3.85. The third kappa shape index (κ3) is 11.2. The van der Waals surface area contributed by atoms with E-state index in [2.05, 4.69) is 28.6 Å². The minimum absolute atomic E-state index is 0.0546. The summed E-state index contributed by atoms with van der Waals surface area (Å²) in [6, 6.07) is 2.04. The first kappa shape index (κ1) is 30.6. The number of phenolic OH excluding ortho intramolecular Hbond substituents is 1. The summed E-state index contributed by atoms with van der Waals surface area (Å²) in [5, 5.41) is 26.5. The SMILES string of the molecule is CSCCC(NC(=O)C(CS)NC(=O)C(Cc1ccc(O)cc1)NC(=O)C(N)CC(C)C)C(=O)O. The predicted octanol–water partition coefficient (Wildman–Crippen LogP) is 0.530. The molecular weight excluding hydrogens is 492 g/mol. The van der Waals surface area contributed by atoms with Gasteiger partial charge in [0.15, 0.2) is 0 Å². The quantitative estimate of drug-likeness (QED) is 0.162. The fourth-order valence-corrected chi connectivity index (χ4v) is 3.93. The molecule has 0 aliphatic heterocycles. The normalized spacial score (nSPS) is 14.5. The van der Waals surface area contributed by atoms with Gasteiger partial charge in [0, 0.05) is 12.2 Å². The van der Waals surface area contributed by atoms with E-state index in [1.54, 1.807) is 12.1 Å². The molecule has 0 aromatic heterocycles. The Labute approximate surface area is 215 Å². The highest BCUT2D eigenvalue weighted by Crippen LogP contribution is 2.12. The van der Waals surface area contributed by atoms with E-state index < -0.39 is 47.9 Å². The van der Waals surface area contributed by atoms with Crippen LogP contribution in [0.25, 0.3) is 0 Å². The van der Waals surface area contributed by atoms with Gasteiger partial charge < -0.3 is 31.9 Å². The fourth-order valence-electron chi connectivity index (χ4n) is 3.20. The van der Waals surface area contributed by atoms with Crippen molar-refractivity contribution in [1.29, 1.82) is 0 Å². The van der Waals surface area contributed by atoms with Crippen molar-refractivity contribution in [2.45, 2.75) is 57.3 Å². The monoisotopic (exact) mass is 528 g/mol. The molecule has 12 heteroatoms. The van der Waals surface area contributed by atoms with Crippen molar-refractivity contribution in [3.63, 3.8) is 0 Å². The van der Waals surface area contributed by atoms with Crippen LogP contribution in [0.2, 0.25) is 0 Å². The van der Waals surface area contributed by atoms with Gasteiger partial charge in [0.1, 0.15) is 23.9 Å². The Kier molecular flexibility index (Phi) is 13.6. The van der Waals surface area contributed by atoms with Crippen molar-refractivity contribution in [2.75, 3.05) is 17.8 Å². The van der Waals surface area contributed by atoms with Crippen molar-refractivity contribution in [1.82, 2.24) is 16.0 Å². The first-order valence-corrected chi connectivity index (χ1v) is 13.3. The average molecular weight is 529 g/mol. The van der Waals surface area contributed by atoms with Crippen LogP contribution in [0.3, 0.4) is 0 Å². The second-order valence-electron chi connectivity index (χ2n) is 8.59. The lowest BCUT2D eigenvalue weighted by atomic mass is 10.0. The molecule has 1 rings (SSSR count). The van der Waals surface area contributed by atoms with E-state index in [1.807, 2.05) is 20.1 Å². The predicted molar refractivity (Wildman–Crippen MR) is 140 cm³/mol. The van der Waals surface area contributed by atoms with Gasteiger partial charge in [-0.3, -0.25) is 14.4 Å². The molecule has 0 fully saturated rings. The van der Waals surface area contributed by atoms with E-state index in [0.717, 1.165) is 0 Å².